The molecule has 0 aliphatic rings. The molecule has 3 heteroatoms. The highest BCUT2D eigenvalue weighted by Crippen LogP contribution is 2.28. The zero-order valence-corrected chi connectivity index (χ0v) is 16.3. The Morgan fingerprint density at radius 1 is 0.731 bits per heavy atom. The minimum absolute atomic E-state index is 0.219. The molecule has 0 radical (unpaired) electrons. The lowest BCUT2D eigenvalue weighted by atomic mass is 9.88. The number of hydrogen-bond donors (Lipinski definition) is 1. The normalized spacial score (nSPS) is 12.3. The molecule has 3 aromatic rings. The second-order valence-electron chi connectivity index (χ2n) is 6.51. The van der Waals surface area contributed by atoms with E-state index in [9.17, 15) is 0 Å². The molecule has 0 aliphatic heterocycles. The molecule has 0 bridgehead atoms. The summed E-state index contributed by atoms with van der Waals surface area (Å²) < 4.78 is 0. The van der Waals surface area contributed by atoms with Gasteiger partial charge in [0.25, 0.3) is 0 Å². The summed E-state index contributed by atoms with van der Waals surface area (Å²) in [5, 5.41) is 4.81. The van der Waals surface area contributed by atoms with Crippen molar-refractivity contribution in [3.63, 3.8) is 0 Å². The fourth-order valence-electron chi connectivity index (χ4n) is 3.24. The number of rotatable bonds is 7. The Bertz CT molecular complexity index is 779. The van der Waals surface area contributed by atoms with Crippen LogP contribution in [0.1, 0.15) is 42.0 Å². The van der Waals surface area contributed by atoms with Crippen LogP contribution in [-0.4, -0.2) is 6.54 Å². The maximum Gasteiger partial charge on any atom is 0.0595 e. The summed E-state index contributed by atoms with van der Waals surface area (Å²) >= 11 is 12.2. The van der Waals surface area contributed by atoms with Crippen molar-refractivity contribution in [3.8, 4) is 0 Å². The van der Waals surface area contributed by atoms with Crippen LogP contribution in [0.2, 0.25) is 10.0 Å². The topological polar surface area (TPSA) is 12.0 Å². The van der Waals surface area contributed by atoms with Crippen LogP contribution in [0.15, 0.2) is 78.9 Å². The van der Waals surface area contributed by atoms with Crippen molar-refractivity contribution >= 4 is 23.2 Å². The molecule has 134 valence electrons. The number of nitrogens with one attached hydrogen (secondary N) is 1. The molecule has 0 aliphatic carbocycles. The van der Waals surface area contributed by atoms with E-state index in [2.05, 4.69) is 72.9 Å². The molecule has 0 fully saturated rings. The fourth-order valence-corrected chi connectivity index (χ4v) is 3.55. The van der Waals surface area contributed by atoms with Crippen molar-refractivity contribution < 1.29 is 0 Å². The summed E-state index contributed by atoms with van der Waals surface area (Å²) in [6.07, 6.45) is 1.03. The zero-order chi connectivity index (χ0) is 18.4. The summed E-state index contributed by atoms with van der Waals surface area (Å²) in [6, 6.07) is 27.4. The van der Waals surface area contributed by atoms with Crippen molar-refractivity contribution in [2.24, 2.45) is 0 Å². The minimum atomic E-state index is 0.219. The number of halogens is 2. The standard InChI is InChI=1S/C23H23Cl2N/c1-17(20-12-13-22(24)23(25)16-20)26-15-14-21(18-8-4-2-5-9-18)19-10-6-3-7-11-19/h2-13,16-17,21,26H,14-15H2,1H3. The molecule has 0 aromatic heterocycles. The van der Waals surface area contributed by atoms with Gasteiger partial charge in [0, 0.05) is 12.0 Å². The third-order valence-corrected chi connectivity index (χ3v) is 5.47. The Hall–Kier alpha value is -1.80. The molecule has 0 amide bonds. The summed E-state index contributed by atoms with van der Waals surface area (Å²) in [7, 11) is 0. The first-order valence-corrected chi connectivity index (χ1v) is 9.69. The predicted octanol–water partition coefficient (Wildman–Crippen LogP) is 6.87. The van der Waals surface area contributed by atoms with Crippen molar-refractivity contribution in [3.05, 3.63) is 106 Å². The molecule has 0 heterocycles. The molecule has 26 heavy (non-hydrogen) atoms. The predicted molar refractivity (Wildman–Crippen MR) is 112 cm³/mol. The first kappa shape index (κ1) is 19.0. The van der Waals surface area contributed by atoms with Crippen LogP contribution in [-0.2, 0) is 0 Å². The van der Waals surface area contributed by atoms with Gasteiger partial charge in [-0.15, -0.1) is 0 Å². The van der Waals surface area contributed by atoms with Gasteiger partial charge in [-0.1, -0.05) is 89.9 Å². The van der Waals surface area contributed by atoms with E-state index in [0.29, 0.717) is 16.0 Å². The van der Waals surface area contributed by atoms with Gasteiger partial charge in [-0.05, 0) is 48.7 Å². The average molecular weight is 384 g/mol. The first-order valence-electron chi connectivity index (χ1n) is 8.93. The third-order valence-electron chi connectivity index (χ3n) is 4.73. The Balaban J connectivity index is 1.67. The minimum Gasteiger partial charge on any atom is -0.310 e. The van der Waals surface area contributed by atoms with Gasteiger partial charge in [0.15, 0.2) is 0 Å². The average Bonchev–Trinajstić information content (AvgIpc) is 2.68. The van der Waals surface area contributed by atoms with Crippen molar-refractivity contribution in [1.29, 1.82) is 0 Å². The van der Waals surface area contributed by atoms with Crippen LogP contribution in [0.25, 0.3) is 0 Å². The lowest BCUT2D eigenvalue weighted by Gasteiger charge is -2.21. The quantitative estimate of drug-likeness (QED) is 0.469. The summed E-state index contributed by atoms with van der Waals surface area (Å²) in [5.41, 5.74) is 3.85. The highest BCUT2D eigenvalue weighted by Gasteiger charge is 2.14. The van der Waals surface area contributed by atoms with Gasteiger partial charge < -0.3 is 5.32 Å². The highest BCUT2D eigenvalue weighted by atomic mass is 35.5. The Morgan fingerprint density at radius 3 is 1.85 bits per heavy atom. The van der Waals surface area contributed by atoms with Crippen LogP contribution >= 0.6 is 23.2 Å². The van der Waals surface area contributed by atoms with E-state index in [1.54, 1.807) is 0 Å². The molecular formula is C23H23Cl2N. The molecule has 3 aromatic carbocycles. The van der Waals surface area contributed by atoms with E-state index in [-0.39, 0.29) is 6.04 Å². The first-order chi connectivity index (χ1) is 12.6. The zero-order valence-electron chi connectivity index (χ0n) is 14.8. The second kappa shape index (κ2) is 9.23. The highest BCUT2D eigenvalue weighted by molar-refractivity contribution is 6.42. The van der Waals surface area contributed by atoms with E-state index in [0.717, 1.165) is 18.5 Å². The van der Waals surface area contributed by atoms with Gasteiger partial charge in [-0.25, -0.2) is 0 Å². The van der Waals surface area contributed by atoms with Gasteiger partial charge in [0.05, 0.1) is 10.0 Å². The lowest BCUT2D eigenvalue weighted by Crippen LogP contribution is -2.22. The maximum absolute atomic E-state index is 6.14. The Morgan fingerprint density at radius 2 is 1.31 bits per heavy atom. The van der Waals surface area contributed by atoms with E-state index in [1.807, 2.05) is 18.2 Å². The SMILES string of the molecule is CC(NCCC(c1ccccc1)c1ccccc1)c1ccc(Cl)c(Cl)c1. The van der Waals surface area contributed by atoms with Gasteiger partial charge in [0.2, 0.25) is 0 Å². The van der Waals surface area contributed by atoms with Gasteiger partial charge >= 0.3 is 0 Å². The van der Waals surface area contributed by atoms with Crippen molar-refractivity contribution in [1.82, 2.24) is 5.32 Å². The van der Waals surface area contributed by atoms with Crippen molar-refractivity contribution in [2.75, 3.05) is 6.54 Å². The molecule has 0 spiro atoms. The van der Waals surface area contributed by atoms with Crippen LogP contribution in [0.4, 0.5) is 0 Å². The fraction of sp³-hybridized carbons (Fsp3) is 0.217. The number of benzene rings is 3. The second-order valence-corrected chi connectivity index (χ2v) is 7.33. The maximum atomic E-state index is 6.14. The van der Waals surface area contributed by atoms with E-state index < -0.39 is 0 Å². The summed E-state index contributed by atoms with van der Waals surface area (Å²) in [4.78, 5) is 0. The largest absolute Gasteiger partial charge is 0.310 e. The molecule has 1 N–H and O–H groups in total. The van der Waals surface area contributed by atoms with Crippen LogP contribution in [0.3, 0.4) is 0 Å². The molecule has 1 atom stereocenters. The van der Waals surface area contributed by atoms with Crippen LogP contribution in [0, 0.1) is 0 Å². The van der Waals surface area contributed by atoms with Crippen LogP contribution in [0.5, 0.6) is 0 Å². The Kier molecular flexibility index (Phi) is 6.73. The molecule has 1 unspecified atom stereocenters. The summed E-state index contributed by atoms with van der Waals surface area (Å²) in [5.74, 6) is 0.380. The monoisotopic (exact) mass is 383 g/mol. The van der Waals surface area contributed by atoms with E-state index >= 15 is 0 Å². The smallest absolute Gasteiger partial charge is 0.0595 e. The van der Waals surface area contributed by atoms with E-state index in [1.165, 1.54) is 11.1 Å². The van der Waals surface area contributed by atoms with Gasteiger partial charge in [-0.3, -0.25) is 0 Å². The molecule has 1 nitrogen and oxygen atoms in total. The Labute approximate surface area is 166 Å². The van der Waals surface area contributed by atoms with Gasteiger partial charge in [-0.2, -0.15) is 0 Å². The molecular weight excluding hydrogens is 361 g/mol. The summed E-state index contributed by atoms with van der Waals surface area (Å²) in [6.45, 7) is 3.06. The third kappa shape index (κ3) is 4.88. The van der Waals surface area contributed by atoms with Gasteiger partial charge in [0.1, 0.15) is 0 Å². The van der Waals surface area contributed by atoms with Crippen LogP contribution < -0.4 is 5.32 Å². The van der Waals surface area contributed by atoms with Crippen molar-refractivity contribution in [2.45, 2.75) is 25.3 Å². The lowest BCUT2D eigenvalue weighted by molar-refractivity contribution is 0.540. The molecule has 3 rings (SSSR count). The molecule has 0 saturated heterocycles. The van der Waals surface area contributed by atoms with E-state index in [4.69, 9.17) is 23.2 Å². The molecule has 0 saturated carbocycles. The number of hydrogen-bond acceptors (Lipinski definition) is 1.